The Labute approximate surface area is 131 Å². The maximum atomic E-state index is 9.32. The molecule has 1 aliphatic heterocycles. The second kappa shape index (κ2) is 7.74. The average molecular weight is 304 g/mol. The summed E-state index contributed by atoms with van der Waals surface area (Å²) in [5.41, 5.74) is 2.11. The van der Waals surface area contributed by atoms with E-state index in [0.29, 0.717) is 6.54 Å². The molecule has 0 spiro atoms. The first-order valence-electron chi connectivity index (χ1n) is 7.95. The number of rotatable bonds is 7. The summed E-state index contributed by atoms with van der Waals surface area (Å²) >= 11 is 0. The van der Waals surface area contributed by atoms with Gasteiger partial charge in [-0.1, -0.05) is 18.2 Å². The van der Waals surface area contributed by atoms with E-state index in [1.807, 2.05) is 24.5 Å². The predicted octanol–water partition coefficient (Wildman–Crippen LogP) is 1.56. The zero-order valence-electron chi connectivity index (χ0n) is 12.9. The fourth-order valence-electron chi connectivity index (χ4n) is 2.92. The molecule has 0 aliphatic carbocycles. The van der Waals surface area contributed by atoms with Crippen LogP contribution in [0.25, 0.3) is 11.0 Å². The Bertz CT molecular complexity index is 578. The second-order valence-electron chi connectivity index (χ2n) is 5.71. The number of benzene rings is 1. The van der Waals surface area contributed by atoms with Crippen molar-refractivity contribution in [3.8, 4) is 0 Å². The highest BCUT2D eigenvalue weighted by Crippen LogP contribution is 2.22. The number of furan rings is 1. The van der Waals surface area contributed by atoms with Crippen molar-refractivity contribution in [1.82, 2.24) is 9.80 Å². The summed E-state index contributed by atoms with van der Waals surface area (Å²) in [6.07, 6.45) is 1.84. The van der Waals surface area contributed by atoms with Crippen LogP contribution in [0, 0.1) is 0 Å². The summed E-state index contributed by atoms with van der Waals surface area (Å²) in [6, 6.07) is 8.10. The van der Waals surface area contributed by atoms with Crippen LogP contribution >= 0.6 is 0 Å². The van der Waals surface area contributed by atoms with Gasteiger partial charge in [-0.2, -0.15) is 0 Å². The Balaban J connectivity index is 1.60. The Hall–Kier alpha value is -1.40. The zero-order valence-corrected chi connectivity index (χ0v) is 12.9. The van der Waals surface area contributed by atoms with E-state index in [1.54, 1.807) is 0 Å². The first kappa shape index (κ1) is 15.5. The minimum atomic E-state index is 0.179. The molecule has 120 valence electrons. The molecule has 3 rings (SSSR count). The molecule has 22 heavy (non-hydrogen) atoms. The molecule has 0 atom stereocenters. The summed E-state index contributed by atoms with van der Waals surface area (Å²) in [4.78, 5) is 4.70. The standard InChI is InChI=1S/C17H24N2O3/c20-10-7-19(6-5-18-8-11-21-12-9-18)13-15-14-22-17-4-2-1-3-16(15)17/h1-4,14,20H,5-13H2. The molecule has 0 bridgehead atoms. The van der Waals surface area contributed by atoms with Crippen LogP contribution in [-0.4, -0.2) is 67.5 Å². The molecule has 1 saturated heterocycles. The summed E-state index contributed by atoms with van der Waals surface area (Å²) in [6.45, 7) is 7.28. The van der Waals surface area contributed by atoms with Gasteiger partial charge in [-0.3, -0.25) is 9.80 Å². The van der Waals surface area contributed by atoms with Crippen LogP contribution < -0.4 is 0 Å². The number of hydrogen-bond acceptors (Lipinski definition) is 5. The van der Waals surface area contributed by atoms with E-state index < -0.39 is 0 Å². The summed E-state index contributed by atoms with van der Waals surface area (Å²) in [7, 11) is 0. The molecule has 5 nitrogen and oxygen atoms in total. The molecule has 5 heteroatoms. The van der Waals surface area contributed by atoms with Gasteiger partial charge in [0, 0.05) is 50.2 Å². The average Bonchev–Trinajstić information content (AvgIpc) is 2.97. The smallest absolute Gasteiger partial charge is 0.134 e. The lowest BCUT2D eigenvalue weighted by Crippen LogP contribution is -2.41. The van der Waals surface area contributed by atoms with Crippen LogP contribution in [-0.2, 0) is 11.3 Å². The van der Waals surface area contributed by atoms with Crippen molar-refractivity contribution >= 4 is 11.0 Å². The van der Waals surface area contributed by atoms with Gasteiger partial charge in [0.15, 0.2) is 0 Å². The van der Waals surface area contributed by atoms with Gasteiger partial charge in [-0.05, 0) is 6.07 Å². The SMILES string of the molecule is OCCN(CCN1CCOCC1)Cc1coc2ccccc12. The minimum absolute atomic E-state index is 0.179. The molecular formula is C17H24N2O3. The molecule has 1 aromatic carbocycles. The number of aliphatic hydroxyl groups is 1. The number of para-hydroxylation sites is 1. The van der Waals surface area contributed by atoms with Crippen LogP contribution in [0.4, 0.5) is 0 Å². The van der Waals surface area contributed by atoms with E-state index in [1.165, 1.54) is 5.56 Å². The summed E-state index contributed by atoms with van der Waals surface area (Å²) in [5, 5.41) is 10.5. The van der Waals surface area contributed by atoms with E-state index in [-0.39, 0.29) is 6.61 Å². The molecule has 1 fully saturated rings. The number of aliphatic hydroxyl groups excluding tert-OH is 1. The monoisotopic (exact) mass is 304 g/mol. The minimum Gasteiger partial charge on any atom is -0.464 e. The van der Waals surface area contributed by atoms with Crippen LogP contribution in [0.2, 0.25) is 0 Å². The van der Waals surface area contributed by atoms with Gasteiger partial charge < -0.3 is 14.3 Å². The highest BCUT2D eigenvalue weighted by molar-refractivity contribution is 5.80. The van der Waals surface area contributed by atoms with Gasteiger partial charge in [-0.25, -0.2) is 0 Å². The van der Waals surface area contributed by atoms with Crippen molar-refractivity contribution < 1.29 is 14.3 Å². The van der Waals surface area contributed by atoms with E-state index in [0.717, 1.165) is 56.9 Å². The van der Waals surface area contributed by atoms with E-state index in [9.17, 15) is 5.11 Å². The lowest BCUT2D eigenvalue weighted by Gasteiger charge is -2.29. The Morgan fingerprint density at radius 2 is 1.95 bits per heavy atom. The van der Waals surface area contributed by atoms with Crippen molar-refractivity contribution in [1.29, 1.82) is 0 Å². The molecule has 1 aromatic heterocycles. The first-order chi connectivity index (χ1) is 10.9. The van der Waals surface area contributed by atoms with E-state index in [4.69, 9.17) is 9.15 Å². The molecule has 2 aromatic rings. The third-order valence-corrected chi connectivity index (χ3v) is 4.21. The lowest BCUT2D eigenvalue weighted by atomic mass is 10.1. The summed E-state index contributed by atoms with van der Waals surface area (Å²) in [5.74, 6) is 0. The third-order valence-electron chi connectivity index (χ3n) is 4.21. The highest BCUT2D eigenvalue weighted by atomic mass is 16.5. The second-order valence-corrected chi connectivity index (χ2v) is 5.71. The van der Waals surface area contributed by atoms with Crippen molar-refractivity contribution in [2.75, 3.05) is 52.5 Å². The zero-order chi connectivity index (χ0) is 15.2. The maximum absolute atomic E-state index is 9.32. The Morgan fingerprint density at radius 3 is 2.77 bits per heavy atom. The van der Waals surface area contributed by atoms with Gasteiger partial charge in [0.2, 0.25) is 0 Å². The molecule has 0 radical (unpaired) electrons. The van der Waals surface area contributed by atoms with Gasteiger partial charge in [0.1, 0.15) is 5.58 Å². The van der Waals surface area contributed by atoms with Crippen molar-refractivity contribution in [3.63, 3.8) is 0 Å². The number of morpholine rings is 1. The van der Waals surface area contributed by atoms with Crippen molar-refractivity contribution in [2.45, 2.75) is 6.54 Å². The van der Waals surface area contributed by atoms with Gasteiger partial charge in [0.05, 0.1) is 26.1 Å². The molecule has 0 unspecified atom stereocenters. The molecule has 0 saturated carbocycles. The van der Waals surface area contributed by atoms with Crippen LogP contribution in [0.5, 0.6) is 0 Å². The van der Waals surface area contributed by atoms with Crippen LogP contribution in [0.1, 0.15) is 5.56 Å². The lowest BCUT2D eigenvalue weighted by molar-refractivity contribution is 0.0320. The molecule has 1 N–H and O–H groups in total. The van der Waals surface area contributed by atoms with Gasteiger partial charge in [0.25, 0.3) is 0 Å². The third kappa shape index (κ3) is 3.87. The largest absolute Gasteiger partial charge is 0.464 e. The number of ether oxygens (including phenoxy) is 1. The van der Waals surface area contributed by atoms with Gasteiger partial charge in [-0.15, -0.1) is 0 Å². The molecular weight excluding hydrogens is 280 g/mol. The topological polar surface area (TPSA) is 49.1 Å². The number of hydrogen-bond donors (Lipinski definition) is 1. The summed E-state index contributed by atoms with van der Waals surface area (Å²) < 4.78 is 11.0. The predicted molar refractivity (Wildman–Crippen MR) is 85.8 cm³/mol. The molecule has 1 aliphatic rings. The van der Waals surface area contributed by atoms with Crippen LogP contribution in [0.15, 0.2) is 34.9 Å². The van der Waals surface area contributed by atoms with E-state index in [2.05, 4.69) is 15.9 Å². The number of fused-ring (bicyclic) bond motifs is 1. The van der Waals surface area contributed by atoms with Gasteiger partial charge >= 0.3 is 0 Å². The maximum Gasteiger partial charge on any atom is 0.134 e. The normalized spacial score (nSPS) is 16.6. The quantitative estimate of drug-likeness (QED) is 0.841. The number of nitrogens with zero attached hydrogens (tertiary/aromatic N) is 2. The fourth-order valence-corrected chi connectivity index (χ4v) is 2.92. The van der Waals surface area contributed by atoms with Crippen molar-refractivity contribution in [3.05, 3.63) is 36.1 Å². The Kier molecular flexibility index (Phi) is 5.45. The van der Waals surface area contributed by atoms with Crippen molar-refractivity contribution in [2.24, 2.45) is 0 Å². The van der Waals surface area contributed by atoms with E-state index >= 15 is 0 Å². The molecule has 0 amide bonds. The van der Waals surface area contributed by atoms with Crippen LogP contribution in [0.3, 0.4) is 0 Å². The Morgan fingerprint density at radius 1 is 1.14 bits per heavy atom. The highest BCUT2D eigenvalue weighted by Gasteiger charge is 2.14. The molecule has 2 heterocycles. The first-order valence-corrected chi connectivity index (χ1v) is 7.95. The fraction of sp³-hybridized carbons (Fsp3) is 0.529.